The van der Waals surface area contributed by atoms with Crippen molar-refractivity contribution in [3.8, 4) is 5.69 Å². The highest BCUT2D eigenvalue weighted by Crippen LogP contribution is 2.41. The first-order valence-electron chi connectivity index (χ1n) is 12.9. The Hall–Kier alpha value is -2.99. The molecular weight excluding hydrogens is 453 g/mol. The van der Waals surface area contributed by atoms with Crippen molar-refractivity contribution in [1.29, 1.82) is 0 Å². The Morgan fingerprint density at radius 1 is 1.08 bits per heavy atom. The third kappa shape index (κ3) is 4.47. The molecule has 5 nitrogen and oxygen atoms in total. The lowest BCUT2D eigenvalue weighted by atomic mass is 9.85. The lowest BCUT2D eigenvalue weighted by molar-refractivity contribution is -0.130. The minimum Gasteiger partial charge on any atom is -0.381 e. The van der Waals surface area contributed by atoms with E-state index in [0.29, 0.717) is 11.8 Å². The molecule has 2 saturated heterocycles. The maximum Gasteiger partial charge on any atom is 0.219 e. The van der Waals surface area contributed by atoms with E-state index in [1.54, 1.807) is 19.1 Å². The zero-order valence-electron chi connectivity index (χ0n) is 20.3. The molecular formula is C30H36FN3O2. The number of aromatic nitrogens is 1. The molecule has 1 amide bonds. The van der Waals surface area contributed by atoms with Gasteiger partial charge in [-0.3, -0.25) is 9.79 Å². The molecule has 36 heavy (non-hydrogen) atoms. The van der Waals surface area contributed by atoms with E-state index in [9.17, 15) is 9.18 Å². The average Bonchev–Trinajstić information content (AvgIpc) is 3.46. The molecule has 0 aliphatic carbocycles. The lowest BCUT2D eigenvalue weighted by Crippen LogP contribution is -2.37. The van der Waals surface area contributed by atoms with Crippen LogP contribution in [-0.2, 0) is 22.5 Å². The molecule has 0 unspecified atom stereocenters. The van der Waals surface area contributed by atoms with E-state index in [4.69, 9.17) is 4.74 Å². The summed E-state index contributed by atoms with van der Waals surface area (Å²) in [7, 11) is 0. The van der Waals surface area contributed by atoms with Gasteiger partial charge in [-0.1, -0.05) is 7.43 Å². The quantitative estimate of drug-likeness (QED) is 0.449. The molecule has 0 bridgehead atoms. The fourth-order valence-corrected chi connectivity index (χ4v) is 6.20. The Morgan fingerprint density at radius 2 is 1.81 bits per heavy atom. The monoisotopic (exact) mass is 489 g/mol. The van der Waals surface area contributed by atoms with Gasteiger partial charge in [-0.25, -0.2) is 4.39 Å². The molecule has 1 aromatic heterocycles. The van der Waals surface area contributed by atoms with E-state index >= 15 is 0 Å². The number of fused-ring (bicyclic) bond motifs is 2. The summed E-state index contributed by atoms with van der Waals surface area (Å²) in [6.45, 7) is 5.63. The number of hydrogen-bond donors (Lipinski definition) is 0. The number of hydrogen-bond acceptors (Lipinski definition) is 3. The number of piperidine rings is 1. The number of carbonyl (C=O) groups excluding carboxylic acids is 1. The summed E-state index contributed by atoms with van der Waals surface area (Å²) in [5.41, 5.74) is 7.43. The number of aliphatic imine (C=N–C) groups is 1. The summed E-state index contributed by atoms with van der Waals surface area (Å²) in [6, 6.07) is 11.5. The normalized spacial score (nSPS) is 18.4. The third-order valence-electron chi connectivity index (χ3n) is 8.11. The summed E-state index contributed by atoms with van der Waals surface area (Å²) in [6.07, 6.45) is 7.03. The third-order valence-corrected chi connectivity index (χ3v) is 8.11. The molecule has 6 heteroatoms. The average molecular weight is 490 g/mol. The first-order chi connectivity index (χ1) is 17.1. The largest absolute Gasteiger partial charge is 0.381 e. The Bertz CT molecular complexity index is 1280. The molecule has 2 aromatic carbocycles. The van der Waals surface area contributed by atoms with Crippen LogP contribution in [-0.4, -0.2) is 47.9 Å². The minimum atomic E-state index is -0.219. The molecule has 6 rings (SSSR count). The van der Waals surface area contributed by atoms with Crippen molar-refractivity contribution >= 4 is 23.0 Å². The Balaban J connectivity index is 0.00000267. The van der Waals surface area contributed by atoms with Crippen molar-refractivity contribution in [3.63, 3.8) is 0 Å². The van der Waals surface area contributed by atoms with Crippen molar-refractivity contribution in [1.82, 2.24) is 9.47 Å². The van der Waals surface area contributed by atoms with Gasteiger partial charge in [-0.2, -0.15) is 0 Å². The second kappa shape index (κ2) is 10.2. The Labute approximate surface area is 213 Å². The second-order valence-corrected chi connectivity index (χ2v) is 10.3. The van der Waals surface area contributed by atoms with Crippen LogP contribution < -0.4 is 0 Å². The number of amides is 1. The summed E-state index contributed by atoms with van der Waals surface area (Å²) >= 11 is 0. The molecule has 0 spiro atoms. The van der Waals surface area contributed by atoms with E-state index in [1.165, 1.54) is 33.3 Å². The van der Waals surface area contributed by atoms with E-state index < -0.39 is 0 Å². The Morgan fingerprint density at radius 3 is 2.50 bits per heavy atom. The van der Waals surface area contributed by atoms with Gasteiger partial charge < -0.3 is 14.2 Å². The van der Waals surface area contributed by atoms with Crippen molar-refractivity contribution < 1.29 is 13.9 Å². The summed E-state index contributed by atoms with van der Waals surface area (Å²) < 4.78 is 22.0. The maximum absolute atomic E-state index is 13.9. The van der Waals surface area contributed by atoms with Gasteiger partial charge >= 0.3 is 0 Å². The van der Waals surface area contributed by atoms with E-state index in [-0.39, 0.29) is 19.2 Å². The zero-order valence-corrected chi connectivity index (χ0v) is 20.3. The predicted molar refractivity (Wildman–Crippen MR) is 143 cm³/mol. The van der Waals surface area contributed by atoms with Crippen LogP contribution in [0.3, 0.4) is 0 Å². The van der Waals surface area contributed by atoms with Gasteiger partial charge in [0, 0.05) is 62.1 Å². The van der Waals surface area contributed by atoms with Crippen molar-refractivity contribution in [2.24, 2.45) is 10.9 Å². The minimum absolute atomic E-state index is 0. The molecule has 0 saturated carbocycles. The standard InChI is InChI=1S/C29H32FN3O2.CH4/c1-19(34)32-10-6-20(7-11-32)14-27-26-15-22-17-31-18-23(22)16-28(26)33(25-4-2-24(30)3-5-25)29(27)21-8-12-35-13-9-21;/h2-5,15-16,18,20-21H,6-14,17H2,1H3;1H4. The molecule has 3 aromatic rings. The molecule has 0 atom stereocenters. The van der Waals surface area contributed by atoms with Gasteiger partial charge in [-0.05, 0) is 91.1 Å². The van der Waals surface area contributed by atoms with Crippen LogP contribution in [0.15, 0.2) is 41.4 Å². The SMILES string of the molecule is C.CC(=O)N1CCC(Cc2c(C3CCOCC3)n(-c3ccc(F)cc3)c3cc4c(cc23)CN=C4)CC1. The topological polar surface area (TPSA) is 46.8 Å². The van der Waals surface area contributed by atoms with Crippen LogP contribution in [0, 0.1) is 11.7 Å². The second-order valence-electron chi connectivity index (χ2n) is 10.3. The van der Waals surface area contributed by atoms with Gasteiger partial charge in [0.1, 0.15) is 5.82 Å². The van der Waals surface area contributed by atoms with Crippen molar-refractivity contribution in [3.05, 3.63) is 64.6 Å². The van der Waals surface area contributed by atoms with Crippen molar-refractivity contribution in [2.45, 2.75) is 58.9 Å². The van der Waals surface area contributed by atoms with Crippen LogP contribution in [0.2, 0.25) is 0 Å². The van der Waals surface area contributed by atoms with Gasteiger partial charge in [0.2, 0.25) is 5.91 Å². The number of nitrogens with zero attached hydrogens (tertiary/aromatic N) is 3. The van der Waals surface area contributed by atoms with Crippen LogP contribution in [0.25, 0.3) is 16.6 Å². The van der Waals surface area contributed by atoms with E-state index in [0.717, 1.165) is 70.6 Å². The molecule has 190 valence electrons. The molecule has 2 fully saturated rings. The van der Waals surface area contributed by atoms with Gasteiger partial charge in [0.05, 0.1) is 12.1 Å². The van der Waals surface area contributed by atoms with E-state index in [1.807, 2.05) is 23.2 Å². The van der Waals surface area contributed by atoms with Gasteiger partial charge in [0.25, 0.3) is 0 Å². The molecule has 4 heterocycles. The Kier molecular flexibility index (Phi) is 6.98. The number of ether oxygens (including phenoxy) is 1. The maximum atomic E-state index is 13.9. The molecule has 3 aliphatic heterocycles. The summed E-state index contributed by atoms with van der Waals surface area (Å²) in [5, 5.41) is 1.30. The fourth-order valence-electron chi connectivity index (χ4n) is 6.20. The van der Waals surface area contributed by atoms with Crippen molar-refractivity contribution in [2.75, 3.05) is 26.3 Å². The van der Waals surface area contributed by atoms with Crippen LogP contribution in [0.5, 0.6) is 0 Å². The molecule has 0 N–H and O–H groups in total. The highest BCUT2D eigenvalue weighted by molar-refractivity contribution is 5.96. The van der Waals surface area contributed by atoms with E-state index in [2.05, 4.69) is 21.7 Å². The summed E-state index contributed by atoms with van der Waals surface area (Å²) in [5.74, 6) is 0.899. The number of benzene rings is 2. The van der Waals surface area contributed by atoms with Crippen LogP contribution in [0.1, 0.15) is 68.3 Å². The fraction of sp³-hybridized carbons (Fsp3) is 0.467. The molecule has 0 radical (unpaired) electrons. The van der Waals surface area contributed by atoms with Gasteiger partial charge in [-0.15, -0.1) is 0 Å². The first kappa shape index (κ1) is 24.7. The highest BCUT2D eigenvalue weighted by atomic mass is 19.1. The number of rotatable bonds is 4. The number of carbonyl (C=O) groups is 1. The predicted octanol–water partition coefficient (Wildman–Crippen LogP) is 6.03. The lowest BCUT2D eigenvalue weighted by Gasteiger charge is -2.32. The number of halogens is 1. The summed E-state index contributed by atoms with van der Waals surface area (Å²) in [4.78, 5) is 18.4. The highest BCUT2D eigenvalue weighted by Gasteiger charge is 2.30. The van der Waals surface area contributed by atoms with Crippen LogP contribution >= 0.6 is 0 Å². The zero-order chi connectivity index (χ0) is 23.9. The van der Waals surface area contributed by atoms with Crippen LogP contribution in [0.4, 0.5) is 4.39 Å². The smallest absolute Gasteiger partial charge is 0.219 e. The molecule has 3 aliphatic rings. The van der Waals surface area contributed by atoms with Gasteiger partial charge in [0.15, 0.2) is 0 Å². The first-order valence-corrected chi connectivity index (χ1v) is 12.9. The number of likely N-dealkylation sites (tertiary alicyclic amines) is 1.